The third-order valence-corrected chi connectivity index (χ3v) is 15.1. The molecule has 546 valence electrons. The van der Waals surface area contributed by atoms with Crippen LogP contribution in [0.4, 0.5) is 0 Å². The normalized spacial score (nSPS) is 14.5. The van der Waals surface area contributed by atoms with Gasteiger partial charge in [-0.3, -0.25) is 38.7 Å². The Hall–Kier alpha value is -6.07. The molecule has 0 unspecified atom stereocenters. The Morgan fingerprint density at radius 1 is 0.558 bits per heavy atom. The van der Waals surface area contributed by atoms with E-state index in [1.807, 2.05) is 54.7 Å². The average Bonchev–Trinajstić information content (AvgIpc) is 4.15. The molecule has 4 aliphatic rings. The van der Waals surface area contributed by atoms with Crippen molar-refractivity contribution in [1.29, 1.82) is 0 Å². The second kappa shape index (κ2) is 62.7. The molecule has 4 fully saturated rings. The van der Waals surface area contributed by atoms with E-state index < -0.39 is 0 Å². The Balaban J connectivity index is -0.00000104. The number of amides is 5. The standard InChI is InChI=1S/C11H22N2O2.C10H18N2OS.C10H20N2O.C10H17NO2.C10H19NO2.C9H15N3O2.C9H16N2O2/c1-9(2)11(14)15-10(7-12(3)4)8-13(5)6;1-2-10(13)11-4-3-5-12-6-8-14-9-7-12;1-4-10(13)11-8-7-9-12(5-2)6-3;1-2-10(12)13-9-8-11-6-4-3-5-7-11;1-5-11(6-2)7-8-13-10(12)9(3)4;1-7(2)9(14)10-3-4-12-5-8(13)11-6-12;1-2-9(12)10-3-4-11-5-7-13-8-6-11/h10H,1,7-8H2,2-6H3;2H,1,3-9H2,(H,11,13);4H,1,5-9H2,2-3H3,(H,11,13);2H,1,3-9H2;3,5-8H2,1-2,4H3;1,3-6H2,2H3,(H,10,14)(H,11,13);2H,1,3-8H2,(H,10,12). The average molecular weight is 1360 g/mol. The van der Waals surface area contributed by atoms with Gasteiger partial charge < -0.3 is 70.0 Å². The number of thioether (sulfide) groups is 1. The van der Waals surface area contributed by atoms with Gasteiger partial charge in [0.2, 0.25) is 29.5 Å². The number of rotatable bonds is 36. The van der Waals surface area contributed by atoms with Gasteiger partial charge in [-0.05, 0) is 145 Å². The second-order valence-electron chi connectivity index (χ2n) is 23.0. The SMILES string of the molecule is C=C(C)C(=O)NCCN1CNC(=O)C1.C=C(C)C(=O)OC(CN(C)C)CN(C)C.C=C(C)C(=O)OCCN(CC)CC.C=CC(=O)NCCCN(CC)CC.C=CC(=O)NCCCN1CCSCC1.C=CC(=O)NCCN1CCOCC1.C=CC(=O)OCCN1CCCCC1. The maximum Gasteiger partial charge on any atom is 0.333 e. The van der Waals surface area contributed by atoms with E-state index >= 15 is 0 Å². The molecule has 0 radical (unpaired) electrons. The summed E-state index contributed by atoms with van der Waals surface area (Å²) in [4.78, 5) is 105. The number of piperidine rings is 1. The molecule has 5 N–H and O–H groups in total. The maximum atomic E-state index is 11.4. The Labute approximate surface area is 576 Å². The van der Waals surface area contributed by atoms with Gasteiger partial charge in [0, 0.05) is 126 Å². The number of nitrogens with zero attached hydrogens (tertiary/aromatic N) is 8. The lowest BCUT2D eigenvalue weighted by molar-refractivity contribution is -0.145. The van der Waals surface area contributed by atoms with Crippen molar-refractivity contribution in [2.24, 2.45) is 0 Å². The Bertz CT molecular complexity index is 2150. The van der Waals surface area contributed by atoms with Crippen LogP contribution < -0.4 is 26.6 Å². The van der Waals surface area contributed by atoms with Crippen molar-refractivity contribution < 1.29 is 57.3 Å². The van der Waals surface area contributed by atoms with Crippen LogP contribution in [-0.4, -0.2) is 316 Å². The van der Waals surface area contributed by atoms with Crippen molar-refractivity contribution in [1.82, 2.24) is 65.8 Å². The first-order valence-corrected chi connectivity index (χ1v) is 34.6. The van der Waals surface area contributed by atoms with E-state index in [2.05, 4.69) is 125 Å². The largest absolute Gasteiger partial charge is 0.461 e. The van der Waals surface area contributed by atoms with Crippen molar-refractivity contribution in [2.75, 3.05) is 223 Å². The van der Waals surface area contributed by atoms with Crippen molar-refractivity contribution in [3.05, 3.63) is 87.1 Å². The molecule has 4 rings (SSSR count). The van der Waals surface area contributed by atoms with Crippen LogP contribution in [0.25, 0.3) is 0 Å². The highest BCUT2D eigenvalue weighted by atomic mass is 32.2. The molecule has 25 nitrogen and oxygen atoms in total. The zero-order valence-electron chi connectivity index (χ0n) is 60.5. The van der Waals surface area contributed by atoms with Gasteiger partial charge in [-0.15, -0.1) is 0 Å². The number of carbonyl (C=O) groups excluding carboxylic acids is 8. The lowest BCUT2D eigenvalue weighted by Gasteiger charge is -2.26. The first kappa shape index (κ1) is 93.1. The molecule has 4 aliphatic heterocycles. The van der Waals surface area contributed by atoms with Gasteiger partial charge >= 0.3 is 17.9 Å². The zero-order chi connectivity index (χ0) is 72.2. The Morgan fingerprint density at radius 2 is 1.03 bits per heavy atom. The van der Waals surface area contributed by atoms with E-state index in [0.29, 0.717) is 62.8 Å². The third kappa shape index (κ3) is 59.0. The minimum absolute atomic E-state index is 0.0382. The number of nitrogens with one attached hydrogen (secondary N) is 5. The summed E-state index contributed by atoms with van der Waals surface area (Å²) in [5, 5.41) is 13.7. The topological polar surface area (TPSA) is 260 Å². The molecule has 0 saturated carbocycles. The predicted octanol–water partition coefficient (Wildman–Crippen LogP) is 3.68. The van der Waals surface area contributed by atoms with E-state index in [1.165, 1.54) is 68.2 Å². The lowest BCUT2D eigenvalue weighted by Crippen LogP contribution is -2.41. The predicted molar refractivity (Wildman–Crippen MR) is 387 cm³/mol. The summed E-state index contributed by atoms with van der Waals surface area (Å²) in [6.45, 7) is 61.3. The number of hydrogen-bond acceptors (Lipinski definition) is 21. The fourth-order valence-electron chi connectivity index (χ4n) is 8.57. The van der Waals surface area contributed by atoms with Crippen molar-refractivity contribution in [3.63, 3.8) is 0 Å². The van der Waals surface area contributed by atoms with Crippen molar-refractivity contribution in [3.8, 4) is 0 Å². The highest BCUT2D eigenvalue weighted by Crippen LogP contribution is 2.10. The monoisotopic (exact) mass is 1360 g/mol. The molecule has 5 amide bonds. The number of likely N-dealkylation sites (N-methyl/N-ethyl adjacent to an activating group) is 3. The highest BCUT2D eigenvalue weighted by Gasteiger charge is 2.19. The van der Waals surface area contributed by atoms with Gasteiger partial charge in [-0.2, -0.15) is 11.8 Å². The number of morpholine rings is 1. The highest BCUT2D eigenvalue weighted by molar-refractivity contribution is 7.99. The third-order valence-electron chi connectivity index (χ3n) is 14.2. The van der Waals surface area contributed by atoms with Gasteiger partial charge in [-0.1, -0.05) is 80.2 Å². The van der Waals surface area contributed by atoms with E-state index in [0.717, 1.165) is 137 Å². The molecule has 0 bridgehead atoms. The van der Waals surface area contributed by atoms with Crippen LogP contribution in [0.15, 0.2) is 87.1 Å². The fraction of sp³-hybridized carbons (Fsp3) is 0.681. The number of ether oxygens (including phenoxy) is 4. The summed E-state index contributed by atoms with van der Waals surface area (Å²) in [6.07, 6.45) is 10.9. The van der Waals surface area contributed by atoms with Gasteiger partial charge in [0.15, 0.2) is 0 Å². The van der Waals surface area contributed by atoms with Crippen LogP contribution in [0.1, 0.15) is 80.6 Å². The molecule has 26 heteroatoms. The summed E-state index contributed by atoms with van der Waals surface area (Å²) in [5.74, 6) is 1.21. The summed E-state index contributed by atoms with van der Waals surface area (Å²) in [6, 6.07) is 0. The van der Waals surface area contributed by atoms with Crippen LogP contribution in [0.2, 0.25) is 0 Å². The van der Waals surface area contributed by atoms with Gasteiger partial charge in [0.1, 0.15) is 19.3 Å². The van der Waals surface area contributed by atoms with Crippen LogP contribution >= 0.6 is 11.8 Å². The summed E-state index contributed by atoms with van der Waals surface area (Å²) >= 11 is 2.02. The molecule has 0 aliphatic carbocycles. The summed E-state index contributed by atoms with van der Waals surface area (Å²) < 4.78 is 20.4. The van der Waals surface area contributed by atoms with E-state index in [9.17, 15) is 38.4 Å². The van der Waals surface area contributed by atoms with Crippen molar-refractivity contribution in [2.45, 2.75) is 86.7 Å². The van der Waals surface area contributed by atoms with Gasteiger partial charge in [0.05, 0.1) is 26.4 Å². The second-order valence-corrected chi connectivity index (χ2v) is 24.2. The quantitative estimate of drug-likeness (QED) is 0.0259. The van der Waals surface area contributed by atoms with E-state index in [4.69, 9.17) is 18.9 Å². The number of likely N-dealkylation sites (tertiary alicyclic amines) is 1. The number of esters is 3. The minimum Gasteiger partial charge on any atom is -0.461 e. The van der Waals surface area contributed by atoms with Crippen LogP contribution in [0, 0.1) is 0 Å². The zero-order valence-corrected chi connectivity index (χ0v) is 61.3. The van der Waals surface area contributed by atoms with Crippen LogP contribution in [0.5, 0.6) is 0 Å². The first-order valence-electron chi connectivity index (χ1n) is 33.4. The fourth-order valence-corrected chi connectivity index (χ4v) is 9.55. The lowest BCUT2D eigenvalue weighted by atomic mass is 10.1. The molecule has 4 heterocycles. The molecular weight excluding hydrogens is 1230 g/mol. The van der Waals surface area contributed by atoms with E-state index in [-0.39, 0.29) is 53.5 Å². The van der Waals surface area contributed by atoms with Gasteiger partial charge in [-0.25, -0.2) is 14.4 Å². The molecule has 95 heavy (non-hydrogen) atoms. The smallest absolute Gasteiger partial charge is 0.333 e. The molecule has 0 atom stereocenters. The maximum absolute atomic E-state index is 11.4. The van der Waals surface area contributed by atoms with Crippen molar-refractivity contribution >= 4 is 59.2 Å². The molecule has 0 aromatic rings. The minimum atomic E-state index is -0.322. The molecule has 0 aromatic carbocycles. The molecule has 0 aromatic heterocycles. The Kier molecular flexibility index (Phi) is 61.5. The first-order chi connectivity index (χ1) is 45.2. The summed E-state index contributed by atoms with van der Waals surface area (Å²) in [5.41, 5.74) is 1.40. The number of carbonyl (C=O) groups is 8. The van der Waals surface area contributed by atoms with E-state index in [1.54, 1.807) is 20.8 Å². The van der Waals surface area contributed by atoms with Crippen LogP contribution in [0.3, 0.4) is 0 Å². The number of hydrogen-bond donors (Lipinski definition) is 5. The summed E-state index contributed by atoms with van der Waals surface area (Å²) in [7, 11) is 7.82. The molecule has 0 spiro atoms. The molecular formula is C69H127N13O12S. The van der Waals surface area contributed by atoms with Crippen LogP contribution in [-0.2, 0) is 57.3 Å². The molecule has 4 saturated heterocycles. The van der Waals surface area contributed by atoms with Gasteiger partial charge in [0.25, 0.3) is 0 Å². The Morgan fingerprint density at radius 3 is 1.49 bits per heavy atom.